The molecule has 0 aromatic rings. The molecule has 0 aliphatic carbocycles. The van der Waals surface area contributed by atoms with E-state index in [1.807, 2.05) is 0 Å². The standard InChI is InChI=1S/C10H18O5S/c1-3-4-5-10(13-8-9-14-10)6-7-15-16(2,11)12/h3H,1,4-9H2,2H3. The molecule has 0 amide bonds. The zero-order valence-corrected chi connectivity index (χ0v) is 10.3. The Morgan fingerprint density at radius 2 is 2.00 bits per heavy atom. The summed E-state index contributed by atoms with van der Waals surface area (Å²) in [5.41, 5.74) is 0. The summed E-state index contributed by atoms with van der Waals surface area (Å²) in [4.78, 5) is 0. The number of hydrogen-bond acceptors (Lipinski definition) is 5. The van der Waals surface area contributed by atoms with Crippen molar-refractivity contribution in [3.8, 4) is 0 Å². The van der Waals surface area contributed by atoms with Gasteiger partial charge >= 0.3 is 0 Å². The molecule has 1 saturated heterocycles. The van der Waals surface area contributed by atoms with E-state index < -0.39 is 15.9 Å². The van der Waals surface area contributed by atoms with Crippen LogP contribution in [0.2, 0.25) is 0 Å². The van der Waals surface area contributed by atoms with Crippen LogP contribution in [0.3, 0.4) is 0 Å². The van der Waals surface area contributed by atoms with Crippen molar-refractivity contribution < 1.29 is 22.1 Å². The van der Waals surface area contributed by atoms with E-state index in [4.69, 9.17) is 9.47 Å². The molecular formula is C10H18O5S. The molecule has 0 spiro atoms. The molecule has 94 valence electrons. The minimum Gasteiger partial charge on any atom is -0.347 e. The molecular weight excluding hydrogens is 232 g/mol. The third-order valence-electron chi connectivity index (χ3n) is 2.32. The fourth-order valence-corrected chi connectivity index (χ4v) is 1.97. The molecule has 0 aromatic carbocycles. The molecule has 0 bridgehead atoms. The summed E-state index contributed by atoms with van der Waals surface area (Å²) in [6, 6.07) is 0. The summed E-state index contributed by atoms with van der Waals surface area (Å²) < 4.78 is 37.3. The Morgan fingerprint density at radius 1 is 1.38 bits per heavy atom. The first kappa shape index (κ1) is 13.6. The molecule has 1 fully saturated rings. The first-order valence-corrected chi connectivity index (χ1v) is 7.02. The summed E-state index contributed by atoms with van der Waals surface area (Å²) in [5.74, 6) is -0.696. The summed E-state index contributed by atoms with van der Waals surface area (Å²) in [6.45, 7) is 4.79. The highest BCUT2D eigenvalue weighted by Gasteiger charge is 2.35. The van der Waals surface area contributed by atoms with Crippen LogP contribution in [-0.2, 0) is 23.8 Å². The average molecular weight is 250 g/mol. The van der Waals surface area contributed by atoms with Crippen molar-refractivity contribution in [3.05, 3.63) is 12.7 Å². The van der Waals surface area contributed by atoms with E-state index in [9.17, 15) is 8.42 Å². The molecule has 0 radical (unpaired) electrons. The SMILES string of the molecule is C=CCCC1(CCOS(C)(=O)=O)OCCO1. The van der Waals surface area contributed by atoms with E-state index in [1.54, 1.807) is 6.08 Å². The zero-order chi connectivity index (χ0) is 12.1. The van der Waals surface area contributed by atoms with Gasteiger partial charge in [-0.15, -0.1) is 6.58 Å². The lowest BCUT2D eigenvalue weighted by molar-refractivity contribution is -0.169. The Labute approximate surface area is 96.5 Å². The highest BCUT2D eigenvalue weighted by Crippen LogP contribution is 2.28. The van der Waals surface area contributed by atoms with Crippen LogP contribution in [0.25, 0.3) is 0 Å². The van der Waals surface area contributed by atoms with Crippen molar-refractivity contribution in [1.82, 2.24) is 0 Å². The van der Waals surface area contributed by atoms with Crippen LogP contribution in [0.4, 0.5) is 0 Å². The molecule has 0 atom stereocenters. The van der Waals surface area contributed by atoms with Gasteiger partial charge in [-0.1, -0.05) is 6.08 Å². The van der Waals surface area contributed by atoms with Gasteiger partial charge in [0.2, 0.25) is 0 Å². The number of allylic oxidation sites excluding steroid dienone is 1. The summed E-state index contributed by atoms with van der Waals surface area (Å²) in [7, 11) is -3.39. The van der Waals surface area contributed by atoms with Gasteiger partial charge in [-0.05, 0) is 6.42 Å². The van der Waals surface area contributed by atoms with Gasteiger partial charge in [-0.2, -0.15) is 8.42 Å². The normalized spacial score (nSPS) is 19.8. The van der Waals surface area contributed by atoms with E-state index in [0.29, 0.717) is 26.1 Å². The Kier molecular flexibility index (Phi) is 4.91. The molecule has 1 aliphatic heterocycles. The van der Waals surface area contributed by atoms with Crippen LogP contribution in [0.15, 0.2) is 12.7 Å². The Balaban J connectivity index is 2.42. The van der Waals surface area contributed by atoms with Crippen LogP contribution in [0.5, 0.6) is 0 Å². The molecule has 6 heteroatoms. The van der Waals surface area contributed by atoms with Crippen LogP contribution in [0.1, 0.15) is 19.3 Å². The molecule has 1 aliphatic rings. The van der Waals surface area contributed by atoms with Crippen LogP contribution in [0, 0.1) is 0 Å². The molecule has 0 unspecified atom stereocenters. The van der Waals surface area contributed by atoms with Crippen molar-refractivity contribution >= 4 is 10.1 Å². The van der Waals surface area contributed by atoms with Crippen molar-refractivity contribution in [1.29, 1.82) is 0 Å². The molecule has 1 rings (SSSR count). The van der Waals surface area contributed by atoms with Gasteiger partial charge in [-0.25, -0.2) is 0 Å². The molecule has 0 saturated carbocycles. The Hall–Kier alpha value is -0.430. The second-order valence-corrected chi connectivity index (χ2v) is 5.36. The van der Waals surface area contributed by atoms with Gasteiger partial charge in [0.25, 0.3) is 10.1 Å². The monoisotopic (exact) mass is 250 g/mol. The average Bonchev–Trinajstić information content (AvgIpc) is 2.62. The smallest absolute Gasteiger partial charge is 0.264 e. The molecule has 0 aromatic heterocycles. The van der Waals surface area contributed by atoms with Crippen molar-refractivity contribution in [2.75, 3.05) is 26.1 Å². The van der Waals surface area contributed by atoms with E-state index in [0.717, 1.165) is 12.7 Å². The van der Waals surface area contributed by atoms with E-state index in [2.05, 4.69) is 10.8 Å². The Morgan fingerprint density at radius 3 is 2.50 bits per heavy atom. The number of hydrogen-bond donors (Lipinski definition) is 0. The van der Waals surface area contributed by atoms with E-state index >= 15 is 0 Å². The highest BCUT2D eigenvalue weighted by atomic mass is 32.2. The summed E-state index contributed by atoms with van der Waals surface area (Å²) in [6.07, 6.45) is 4.65. The predicted molar refractivity (Wildman–Crippen MR) is 59.5 cm³/mol. The zero-order valence-electron chi connectivity index (χ0n) is 9.48. The maximum atomic E-state index is 10.8. The van der Waals surface area contributed by atoms with Gasteiger partial charge < -0.3 is 9.47 Å². The minimum absolute atomic E-state index is 0.0793. The molecule has 1 heterocycles. The lowest BCUT2D eigenvalue weighted by atomic mass is 10.1. The highest BCUT2D eigenvalue weighted by molar-refractivity contribution is 7.85. The van der Waals surface area contributed by atoms with Gasteiger partial charge in [0.05, 0.1) is 26.1 Å². The third-order valence-corrected chi connectivity index (χ3v) is 2.92. The topological polar surface area (TPSA) is 61.8 Å². The van der Waals surface area contributed by atoms with Crippen molar-refractivity contribution in [2.24, 2.45) is 0 Å². The van der Waals surface area contributed by atoms with Gasteiger partial charge in [0, 0.05) is 12.8 Å². The van der Waals surface area contributed by atoms with Gasteiger partial charge in [0.1, 0.15) is 0 Å². The number of ether oxygens (including phenoxy) is 2. The van der Waals surface area contributed by atoms with Gasteiger partial charge in [-0.3, -0.25) is 4.18 Å². The van der Waals surface area contributed by atoms with Gasteiger partial charge in [0.15, 0.2) is 5.79 Å². The maximum absolute atomic E-state index is 10.8. The lowest BCUT2D eigenvalue weighted by Gasteiger charge is -2.26. The first-order valence-electron chi connectivity index (χ1n) is 5.21. The fraction of sp³-hybridized carbons (Fsp3) is 0.800. The quantitative estimate of drug-likeness (QED) is 0.499. The second kappa shape index (κ2) is 5.77. The largest absolute Gasteiger partial charge is 0.347 e. The van der Waals surface area contributed by atoms with Crippen molar-refractivity contribution in [3.63, 3.8) is 0 Å². The molecule has 0 N–H and O–H groups in total. The Bertz CT molecular complexity index is 316. The second-order valence-electron chi connectivity index (χ2n) is 3.71. The van der Waals surface area contributed by atoms with E-state index in [-0.39, 0.29) is 6.61 Å². The minimum atomic E-state index is -3.39. The predicted octanol–water partition coefficient (Wildman–Crippen LogP) is 1.06. The lowest BCUT2D eigenvalue weighted by Crippen LogP contribution is -2.32. The van der Waals surface area contributed by atoms with Crippen molar-refractivity contribution in [2.45, 2.75) is 25.0 Å². The van der Waals surface area contributed by atoms with Crippen LogP contribution in [-0.4, -0.2) is 40.3 Å². The fourth-order valence-electron chi connectivity index (χ4n) is 1.58. The van der Waals surface area contributed by atoms with Crippen LogP contribution >= 0.6 is 0 Å². The summed E-state index contributed by atoms with van der Waals surface area (Å²) in [5, 5.41) is 0. The van der Waals surface area contributed by atoms with E-state index in [1.165, 1.54) is 0 Å². The molecule has 5 nitrogen and oxygen atoms in total. The third kappa shape index (κ3) is 4.61. The van der Waals surface area contributed by atoms with Crippen LogP contribution < -0.4 is 0 Å². The molecule has 16 heavy (non-hydrogen) atoms. The first-order chi connectivity index (χ1) is 7.47. The maximum Gasteiger partial charge on any atom is 0.264 e. The summed E-state index contributed by atoms with van der Waals surface area (Å²) >= 11 is 0. The number of rotatable bonds is 7.